The summed E-state index contributed by atoms with van der Waals surface area (Å²) in [6.07, 6.45) is 0. The molecule has 40 valence electrons. The van der Waals surface area contributed by atoms with Gasteiger partial charge in [-0.25, -0.2) is 5.25 Å². The van der Waals surface area contributed by atoms with Gasteiger partial charge in [0, 0.05) is 0 Å². The summed E-state index contributed by atoms with van der Waals surface area (Å²) in [5, 5.41) is 3.97. The topological polar surface area (TPSA) is 26.0 Å². The predicted octanol–water partition coefficient (Wildman–Crippen LogP) is 1.82. The van der Waals surface area contributed by atoms with E-state index >= 15 is 0 Å². The molecule has 2 N–H and O–H groups in total. The first-order valence-electron chi connectivity index (χ1n) is 1.80. The van der Waals surface area contributed by atoms with Crippen molar-refractivity contribution in [1.82, 2.24) is 0 Å². The van der Waals surface area contributed by atoms with Gasteiger partial charge in [0.25, 0.3) is 0 Å². The summed E-state index contributed by atoms with van der Waals surface area (Å²) < 4.78 is 0. The lowest BCUT2D eigenvalue weighted by atomic mass is 10.7. The monoisotopic (exact) mass is 135 g/mol. The van der Waals surface area contributed by atoms with E-state index in [-0.39, 0.29) is 0 Å². The third-order valence-electron chi connectivity index (χ3n) is 0.496. The fraction of sp³-hybridized carbons (Fsp3) is 0. The Morgan fingerprint density at radius 2 is 1.57 bits per heavy atom. The van der Waals surface area contributed by atoms with Crippen LogP contribution in [-0.4, -0.2) is 0 Å². The average Bonchev–Trinajstić information content (AvgIpc) is 2.23. The third kappa shape index (κ3) is 3.87. The van der Waals surface area contributed by atoms with E-state index in [0.29, 0.717) is 0 Å². The summed E-state index contributed by atoms with van der Waals surface area (Å²) in [4.78, 5) is 0. The molecule has 0 amide bonds. The van der Waals surface area contributed by atoms with E-state index in [1.54, 1.807) is 0 Å². The number of nitrogens with two attached hydrogens (primary N) is 1. The SMILES string of the molecule is NCl.c1cc[pH]c1. The first kappa shape index (κ1) is 7.03. The molecule has 7 heavy (non-hydrogen) atoms. The molecule has 0 aliphatic heterocycles. The van der Waals surface area contributed by atoms with Crippen LogP contribution in [0.25, 0.3) is 0 Å². The van der Waals surface area contributed by atoms with Gasteiger partial charge >= 0.3 is 0 Å². The van der Waals surface area contributed by atoms with Crippen LogP contribution < -0.4 is 5.25 Å². The van der Waals surface area contributed by atoms with Crippen molar-refractivity contribution in [1.29, 1.82) is 0 Å². The molecule has 0 aromatic carbocycles. The van der Waals surface area contributed by atoms with E-state index < -0.39 is 0 Å². The molecular formula is C4H7ClNP. The Hall–Kier alpha value is 0.0300. The predicted molar refractivity (Wildman–Crippen MR) is 36.0 cm³/mol. The summed E-state index contributed by atoms with van der Waals surface area (Å²) in [5.74, 6) is 4.31. The van der Waals surface area contributed by atoms with Gasteiger partial charge in [-0.15, -0.1) is 8.19 Å². The van der Waals surface area contributed by atoms with Gasteiger partial charge in [0.2, 0.25) is 0 Å². The molecule has 0 radical (unpaired) electrons. The van der Waals surface area contributed by atoms with Crippen LogP contribution in [0.2, 0.25) is 0 Å². The second kappa shape index (κ2) is 6.03. The third-order valence-corrected chi connectivity index (χ3v) is 1.27. The highest BCUT2D eigenvalue weighted by atomic mass is 35.5. The zero-order valence-corrected chi connectivity index (χ0v) is 5.52. The van der Waals surface area contributed by atoms with Gasteiger partial charge < -0.3 is 0 Å². The normalized spacial score (nSPS) is 6.57. The zero-order chi connectivity index (χ0) is 5.54. The van der Waals surface area contributed by atoms with E-state index in [4.69, 9.17) is 0 Å². The van der Waals surface area contributed by atoms with Gasteiger partial charge in [0.15, 0.2) is 0 Å². The van der Waals surface area contributed by atoms with Gasteiger partial charge in [-0.3, -0.25) is 0 Å². The number of hydrogen-bond acceptors (Lipinski definition) is 1. The smallest absolute Gasteiger partial charge is 0.0285 e. The van der Waals surface area contributed by atoms with Gasteiger partial charge in [-0.05, 0) is 23.4 Å². The molecule has 0 aliphatic carbocycles. The maximum Gasteiger partial charge on any atom is -0.0285 e. The first-order chi connectivity index (χ1) is 3.50. The second-order valence-corrected chi connectivity index (χ2v) is 1.88. The Morgan fingerprint density at radius 1 is 1.14 bits per heavy atom. The van der Waals surface area contributed by atoms with E-state index in [1.807, 2.05) is 0 Å². The minimum absolute atomic E-state index is 0.948. The van der Waals surface area contributed by atoms with Crippen molar-refractivity contribution in [2.45, 2.75) is 0 Å². The van der Waals surface area contributed by atoms with E-state index in [2.05, 4.69) is 40.8 Å². The van der Waals surface area contributed by atoms with Crippen molar-refractivity contribution >= 4 is 20.0 Å². The van der Waals surface area contributed by atoms with Crippen molar-refractivity contribution in [2.24, 2.45) is 5.25 Å². The van der Waals surface area contributed by atoms with Crippen LogP contribution in [0.1, 0.15) is 0 Å². The van der Waals surface area contributed by atoms with Crippen molar-refractivity contribution in [3.05, 3.63) is 23.7 Å². The van der Waals surface area contributed by atoms with Gasteiger partial charge in [0.1, 0.15) is 0 Å². The van der Waals surface area contributed by atoms with Crippen molar-refractivity contribution in [2.75, 3.05) is 0 Å². The summed E-state index contributed by atoms with van der Waals surface area (Å²) >= 11 is 4.14. The molecule has 0 saturated carbocycles. The molecular weight excluding hydrogens is 128 g/mol. The number of halogens is 1. The molecule has 1 aromatic heterocycles. The molecule has 0 spiro atoms. The molecule has 0 fully saturated rings. The summed E-state index contributed by atoms with van der Waals surface area (Å²) in [6.45, 7) is 0. The van der Waals surface area contributed by atoms with Crippen molar-refractivity contribution < 1.29 is 0 Å². The highest BCUT2D eigenvalue weighted by Gasteiger charge is 1.57. The molecule has 0 aliphatic rings. The van der Waals surface area contributed by atoms with E-state index in [1.165, 1.54) is 0 Å². The summed E-state index contributed by atoms with van der Waals surface area (Å²) in [6, 6.07) is 4.14. The largest absolute Gasteiger partial charge is 0.247 e. The van der Waals surface area contributed by atoms with Crippen LogP contribution in [-0.2, 0) is 0 Å². The Morgan fingerprint density at radius 3 is 1.71 bits per heavy atom. The van der Waals surface area contributed by atoms with Crippen molar-refractivity contribution in [3.63, 3.8) is 0 Å². The molecule has 3 heteroatoms. The quantitative estimate of drug-likeness (QED) is 0.540. The van der Waals surface area contributed by atoms with Crippen molar-refractivity contribution in [3.8, 4) is 0 Å². The maximum atomic E-state index is 4.14. The minimum Gasteiger partial charge on any atom is -0.247 e. The Kier molecular flexibility index (Phi) is 6.06. The zero-order valence-electron chi connectivity index (χ0n) is 3.76. The van der Waals surface area contributed by atoms with Crippen LogP contribution in [0.4, 0.5) is 0 Å². The highest BCUT2D eigenvalue weighted by molar-refractivity contribution is 7.28. The Labute approximate surface area is 49.7 Å². The molecule has 0 unspecified atom stereocenters. The molecule has 1 heterocycles. The van der Waals surface area contributed by atoms with Gasteiger partial charge in [-0.1, -0.05) is 12.1 Å². The lowest BCUT2D eigenvalue weighted by Crippen LogP contribution is -1.48. The standard InChI is InChI=1S/C4H5P.ClH2N/c1-2-4-5-3-1;1-2/h1-5H;2H2. The Bertz CT molecular complexity index is 68.2. The molecule has 1 nitrogen and oxygen atoms in total. The number of rotatable bonds is 0. The molecule has 0 bridgehead atoms. The highest BCUT2D eigenvalue weighted by Crippen LogP contribution is 1.99. The average molecular weight is 136 g/mol. The van der Waals surface area contributed by atoms with E-state index in [9.17, 15) is 0 Å². The lowest BCUT2D eigenvalue weighted by molar-refractivity contribution is 2.00. The molecule has 1 rings (SSSR count). The molecule has 1 aromatic rings. The van der Waals surface area contributed by atoms with Gasteiger partial charge in [0.05, 0.1) is 0 Å². The van der Waals surface area contributed by atoms with Crippen LogP contribution in [0.15, 0.2) is 23.7 Å². The maximum absolute atomic E-state index is 4.14. The number of hydrogen-bond donors (Lipinski definition) is 1. The summed E-state index contributed by atoms with van der Waals surface area (Å²) in [7, 11) is 0.948. The fourth-order valence-corrected chi connectivity index (χ4v) is 0.833. The van der Waals surface area contributed by atoms with Crippen LogP contribution in [0, 0.1) is 0 Å². The minimum atomic E-state index is 0.948. The fourth-order valence-electron chi connectivity index (χ4n) is 0.278. The Balaban J connectivity index is 0.000000162. The van der Waals surface area contributed by atoms with Crippen LogP contribution >= 0.6 is 20.0 Å². The lowest BCUT2D eigenvalue weighted by Gasteiger charge is -1.41. The van der Waals surface area contributed by atoms with Crippen LogP contribution in [0.5, 0.6) is 0 Å². The molecule has 0 saturated heterocycles. The van der Waals surface area contributed by atoms with E-state index in [0.717, 1.165) is 8.19 Å². The first-order valence-corrected chi connectivity index (χ1v) is 3.39. The molecule has 0 atom stereocenters. The summed E-state index contributed by atoms with van der Waals surface area (Å²) in [5.41, 5.74) is 0. The van der Waals surface area contributed by atoms with Crippen LogP contribution in [0.3, 0.4) is 0 Å². The second-order valence-electron chi connectivity index (χ2n) is 0.885. The van der Waals surface area contributed by atoms with Gasteiger partial charge in [-0.2, -0.15) is 0 Å².